The Balaban J connectivity index is 3.03. The van der Waals surface area contributed by atoms with Gasteiger partial charge in [-0.3, -0.25) is 0 Å². The highest BCUT2D eigenvalue weighted by Crippen LogP contribution is 2.20. The highest BCUT2D eigenvalue weighted by atomic mass is 32.2. The van der Waals surface area contributed by atoms with E-state index in [1.165, 1.54) is 23.5 Å². The minimum atomic E-state index is -3.77. The molecule has 0 atom stereocenters. The molecule has 20 heavy (non-hydrogen) atoms. The first-order valence-electron chi connectivity index (χ1n) is 6.38. The van der Waals surface area contributed by atoms with Crippen molar-refractivity contribution in [3.8, 4) is 0 Å². The van der Waals surface area contributed by atoms with Crippen LogP contribution in [-0.4, -0.2) is 44.9 Å². The zero-order valence-electron chi connectivity index (χ0n) is 12.0. The predicted octanol–water partition coefficient (Wildman–Crippen LogP) is 1.92. The Kier molecular flexibility index (Phi) is 6.94. The third-order valence-corrected chi connectivity index (χ3v) is 5.34. The minimum Gasteiger partial charge on any atom is -0.313 e. The van der Waals surface area contributed by atoms with E-state index in [0.717, 1.165) is 12.1 Å². The van der Waals surface area contributed by atoms with Crippen molar-refractivity contribution in [1.29, 1.82) is 0 Å². The van der Waals surface area contributed by atoms with Gasteiger partial charge in [-0.2, -0.15) is 11.8 Å². The number of hydrogen-bond donors (Lipinski definition) is 1. The highest BCUT2D eigenvalue weighted by Gasteiger charge is 2.24. The van der Waals surface area contributed by atoms with Crippen LogP contribution in [0.3, 0.4) is 0 Å². The monoisotopic (exact) mass is 320 g/mol. The molecule has 114 valence electrons. The van der Waals surface area contributed by atoms with Crippen molar-refractivity contribution in [3.63, 3.8) is 0 Å². The zero-order chi connectivity index (χ0) is 15.2. The standard InChI is InChI=1S/C13H21FN2O2S2/c1-4-15-10-11-5-6-12(14)13(9-11)20(17,18)16(2)7-8-19-3/h5-6,9,15H,4,7-8,10H2,1-3H3. The van der Waals surface area contributed by atoms with Crippen LogP contribution in [0, 0.1) is 5.82 Å². The molecule has 0 aliphatic heterocycles. The molecule has 1 aromatic carbocycles. The van der Waals surface area contributed by atoms with Gasteiger partial charge < -0.3 is 5.32 Å². The smallest absolute Gasteiger partial charge is 0.245 e. The first kappa shape index (κ1) is 17.4. The van der Waals surface area contributed by atoms with E-state index >= 15 is 0 Å². The molecule has 0 aromatic heterocycles. The Morgan fingerprint density at radius 1 is 1.40 bits per heavy atom. The van der Waals surface area contributed by atoms with Gasteiger partial charge in [0.15, 0.2) is 0 Å². The lowest BCUT2D eigenvalue weighted by atomic mass is 10.2. The van der Waals surface area contributed by atoms with E-state index in [9.17, 15) is 12.8 Å². The summed E-state index contributed by atoms with van der Waals surface area (Å²) in [6.45, 7) is 3.61. The molecular weight excluding hydrogens is 299 g/mol. The summed E-state index contributed by atoms with van der Waals surface area (Å²) in [7, 11) is -2.30. The van der Waals surface area contributed by atoms with Gasteiger partial charge in [-0.05, 0) is 30.5 Å². The van der Waals surface area contributed by atoms with E-state index in [1.54, 1.807) is 17.8 Å². The molecule has 7 heteroatoms. The molecular formula is C13H21FN2O2S2. The number of rotatable bonds is 8. The summed E-state index contributed by atoms with van der Waals surface area (Å²) < 4.78 is 39.7. The largest absolute Gasteiger partial charge is 0.313 e. The molecule has 0 spiro atoms. The van der Waals surface area contributed by atoms with Crippen LogP contribution in [0.25, 0.3) is 0 Å². The lowest BCUT2D eigenvalue weighted by Crippen LogP contribution is -2.30. The van der Waals surface area contributed by atoms with Crippen molar-refractivity contribution in [2.24, 2.45) is 0 Å². The maximum absolute atomic E-state index is 13.8. The number of benzene rings is 1. The van der Waals surface area contributed by atoms with Crippen LogP contribution in [0.2, 0.25) is 0 Å². The lowest BCUT2D eigenvalue weighted by molar-refractivity contribution is 0.479. The zero-order valence-corrected chi connectivity index (χ0v) is 13.7. The van der Waals surface area contributed by atoms with E-state index < -0.39 is 15.8 Å². The number of thioether (sulfide) groups is 1. The molecule has 0 aliphatic rings. The van der Waals surface area contributed by atoms with Crippen molar-refractivity contribution >= 4 is 21.8 Å². The molecule has 0 radical (unpaired) electrons. The van der Waals surface area contributed by atoms with E-state index in [-0.39, 0.29) is 4.90 Å². The summed E-state index contributed by atoms with van der Waals surface area (Å²) in [5.74, 6) is -0.0321. The maximum atomic E-state index is 13.8. The van der Waals surface area contributed by atoms with Crippen LogP contribution in [0.4, 0.5) is 4.39 Å². The van der Waals surface area contributed by atoms with E-state index in [1.807, 2.05) is 13.2 Å². The SMILES string of the molecule is CCNCc1ccc(F)c(S(=O)(=O)N(C)CCSC)c1. The number of nitrogens with zero attached hydrogens (tertiary/aromatic N) is 1. The number of hydrogen-bond acceptors (Lipinski definition) is 4. The van der Waals surface area contributed by atoms with Crippen molar-refractivity contribution in [2.75, 3.05) is 32.1 Å². The van der Waals surface area contributed by atoms with Gasteiger partial charge in [-0.1, -0.05) is 13.0 Å². The fraction of sp³-hybridized carbons (Fsp3) is 0.538. The summed E-state index contributed by atoms with van der Waals surface area (Å²) in [4.78, 5) is -0.253. The van der Waals surface area contributed by atoms with Crippen LogP contribution in [0.5, 0.6) is 0 Å². The molecule has 0 bridgehead atoms. The summed E-state index contributed by atoms with van der Waals surface area (Å²) in [6.07, 6.45) is 1.90. The Bertz CT molecular complexity index is 535. The number of halogens is 1. The van der Waals surface area contributed by atoms with E-state index in [0.29, 0.717) is 18.8 Å². The molecule has 1 aromatic rings. The molecule has 0 saturated carbocycles. The van der Waals surface area contributed by atoms with Gasteiger partial charge in [-0.15, -0.1) is 0 Å². The third kappa shape index (κ3) is 4.44. The van der Waals surface area contributed by atoms with Gasteiger partial charge in [0.25, 0.3) is 0 Å². The Labute approximate surface area is 124 Å². The van der Waals surface area contributed by atoms with Crippen LogP contribution in [-0.2, 0) is 16.6 Å². The van der Waals surface area contributed by atoms with Crippen LogP contribution in [0.15, 0.2) is 23.1 Å². The average molecular weight is 320 g/mol. The summed E-state index contributed by atoms with van der Waals surface area (Å²) in [5, 5.41) is 3.09. The van der Waals surface area contributed by atoms with Gasteiger partial charge in [0.1, 0.15) is 10.7 Å². The molecule has 0 amide bonds. The van der Waals surface area contributed by atoms with Crippen molar-refractivity contribution in [1.82, 2.24) is 9.62 Å². The van der Waals surface area contributed by atoms with Crippen LogP contribution < -0.4 is 5.32 Å². The molecule has 0 fully saturated rings. The molecule has 4 nitrogen and oxygen atoms in total. The molecule has 1 rings (SSSR count). The number of nitrogens with one attached hydrogen (secondary N) is 1. The van der Waals surface area contributed by atoms with Gasteiger partial charge in [0.2, 0.25) is 10.0 Å². The maximum Gasteiger partial charge on any atom is 0.245 e. The van der Waals surface area contributed by atoms with Gasteiger partial charge in [0.05, 0.1) is 0 Å². The normalized spacial score (nSPS) is 12.1. The first-order valence-corrected chi connectivity index (χ1v) is 9.21. The van der Waals surface area contributed by atoms with Crippen LogP contribution in [0.1, 0.15) is 12.5 Å². The average Bonchev–Trinajstić information content (AvgIpc) is 2.43. The van der Waals surface area contributed by atoms with Gasteiger partial charge in [-0.25, -0.2) is 17.1 Å². The summed E-state index contributed by atoms with van der Waals surface area (Å²) in [6, 6.07) is 4.21. The molecule has 0 aliphatic carbocycles. The van der Waals surface area contributed by atoms with Crippen LogP contribution >= 0.6 is 11.8 Å². The van der Waals surface area contributed by atoms with Crippen molar-refractivity contribution in [2.45, 2.75) is 18.4 Å². The van der Waals surface area contributed by atoms with Gasteiger partial charge >= 0.3 is 0 Å². The minimum absolute atomic E-state index is 0.253. The third-order valence-electron chi connectivity index (χ3n) is 2.87. The summed E-state index contributed by atoms with van der Waals surface area (Å²) in [5.41, 5.74) is 0.755. The molecule has 1 N–H and O–H groups in total. The van der Waals surface area contributed by atoms with Crippen molar-refractivity contribution in [3.05, 3.63) is 29.6 Å². The van der Waals surface area contributed by atoms with E-state index in [2.05, 4.69) is 5.32 Å². The quantitative estimate of drug-likeness (QED) is 0.795. The Hall–Kier alpha value is -0.630. The predicted molar refractivity (Wildman–Crippen MR) is 82.0 cm³/mol. The Morgan fingerprint density at radius 3 is 2.70 bits per heavy atom. The highest BCUT2D eigenvalue weighted by molar-refractivity contribution is 7.98. The fourth-order valence-electron chi connectivity index (χ4n) is 1.63. The second-order valence-corrected chi connectivity index (χ2v) is 7.36. The Morgan fingerprint density at radius 2 is 2.10 bits per heavy atom. The molecule has 0 saturated heterocycles. The first-order chi connectivity index (χ1) is 9.43. The molecule has 0 heterocycles. The molecule has 0 unspecified atom stereocenters. The van der Waals surface area contributed by atoms with Crippen molar-refractivity contribution < 1.29 is 12.8 Å². The summed E-state index contributed by atoms with van der Waals surface area (Å²) >= 11 is 1.55. The number of sulfonamides is 1. The van der Waals surface area contributed by atoms with Gasteiger partial charge in [0, 0.05) is 25.9 Å². The second kappa shape index (κ2) is 7.97. The topological polar surface area (TPSA) is 49.4 Å². The lowest BCUT2D eigenvalue weighted by Gasteiger charge is -2.17. The van der Waals surface area contributed by atoms with E-state index in [4.69, 9.17) is 0 Å². The fourth-order valence-corrected chi connectivity index (χ4v) is 3.49. The second-order valence-electron chi connectivity index (χ2n) is 4.36.